The van der Waals surface area contributed by atoms with Crippen LogP contribution in [0.25, 0.3) is 5.70 Å². The van der Waals surface area contributed by atoms with E-state index < -0.39 is 0 Å². The van der Waals surface area contributed by atoms with Gasteiger partial charge in [-0.2, -0.15) is 0 Å². The molecule has 1 saturated heterocycles. The zero-order valence-electron chi connectivity index (χ0n) is 17.9. The minimum absolute atomic E-state index is 0.0969. The zero-order chi connectivity index (χ0) is 21.5. The van der Waals surface area contributed by atoms with Crippen LogP contribution in [-0.4, -0.2) is 43.9 Å². The number of nitrogens with zero attached hydrogens (tertiary/aromatic N) is 4. The Bertz CT molecular complexity index is 1170. The second kappa shape index (κ2) is 7.67. The molecule has 1 fully saturated rings. The van der Waals surface area contributed by atoms with Crippen LogP contribution in [0.15, 0.2) is 54.1 Å². The lowest BCUT2D eigenvalue weighted by atomic mass is 10.0. The summed E-state index contributed by atoms with van der Waals surface area (Å²) in [6.45, 7) is 11.9. The predicted octanol–water partition coefficient (Wildman–Crippen LogP) is 3.20. The second-order valence-corrected chi connectivity index (χ2v) is 8.52. The molecular weight excluding hydrogens is 388 g/mol. The van der Waals surface area contributed by atoms with Gasteiger partial charge in [-0.05, 0) is 43.2 Å². The Hall–Kier alpha value is -3.45. The first-order chi connectivity index (χ1) is 14.9. The number of anilines is 2. The molecule has 4 heterocycles. The van der Waals surface area contributed by atoms with Gasteiger partial charge in [-0.3, -0.25) is 9.69 Å². The fourth-order valence-corrected chi connectivity index (χ4v) is 4.35. The molecule has 2 aliphatic rings. The van der Waals surface area contributed by atoms with Crippen molar-refractivity contribution in [2.75, 3.05) is 18.4 Å². The fraction of sp³-hybridized carbons (Fsp3) is 0.292. The number of hydrogen-bond acceptors (Lipinski definition) is 6. The number of nitrogens with one attached hydrogen (secondary N) is 2. The standard InChI is InChI=1S/C24H26N6O/c1-15-6-16(2)8-20(7-15)27-24-26-10-19-11-30(14-22(19)28-24)21-12-29(13-21)17(3)18-4-5-23(31)25-9-18/h4-10,21H,3,11-14H2,1-2H3,(H,25,31)(H,26,27,28). The van der Waals surface area contributed by atoms with Crippen molar-refractivity contribution in [3.05, 3.63) is 87.6 Å². The van der Waals surface area contributed by atoms with E-state index in [9.17, 15) is 4.79 Å². The maximum absolute atomic E-state index is 11.3. The average Bonchev–Trinajstić information content (AvgIpc) is 3.09. The van der Waals surface area contributed by atoms with E-state index in [0.717, 1.165) is 48.8 Å². The highest BCUT2D eigenvalue weighted by Crippen LogP contribution is 2.31. The highest BCUT2D eigenvalue weighted by atomic mass is 16.1. The molecule has 2 N–H and O–H groups in total. The van der Waals surface area contributed by atoms with Gasteiger partial charge in [-0.15, -0.1) is 0 Å². The maximum Gasteiger partial charge on any atom is 0.247 e. The third-order valence-electron chi connectivity index (χ3n) is 6.04. The molecule has 0 radical (unpaired) electrons. The van der Waals surface area contributed by atoms with Crippen molar-refractivity contribution in [2.45, 2.75) is 33.0 Å². The lowest BCUT2D eigenvalue weighted by molar-refractivity contribution is 0.0712. The molecule has 2 aliphatic heterocycles. The number of aromatic amines is 1. The molecule has 0 aliphatic carbocycles. The van der Waals surface area contributed by atoms with Gasteiger partial charge in [0, 0.05) is 73.2 Å². The van der Waals surface area contributed by atoms with Crippen LogP contribution in [0.5, 0.6) is 0 Å². The van der Waals surface area contributed by atoms with Crippen molar-refractivity contribution in [2.24, 2.45) is 0 Å². The quantitative estimate of drug-likeness (QED) is 0.668. The molecule has 0 amide bonds. The van der Waals surface area contributed by atoms with Crippen molar-refractivity contribution in [3.8, 4) is 0 Å². The minimum Gasteiger partial charge on any atom is -0.368 e. The van der Waals surface area contributed by atoms with Gasteiger partial charge < -0.3 is 15.2 Å². The molecule has 0 spiro atoms. The van der Waals surface area contributed by atoms with Crippen LogP contribution in [0, 0.1) is 13.8 Å². The van der Waals surface area contributed by atoms with Crippen molar-refractivity contribution in [1.82, 2.24) is 24.8 Å². The smallest absolute Gasteiger partial charge is 0.247 e. The van der Waals surface area contributed by atoms with Crippen LogP contribution in [-0.2, 0) is 13.1 Å². The summed E-state index contributed by atoms with van der Waals surface area (Å²) in [7, 11) is 0. The van der Waals surface area contributed by atoms with Crippen molar-refractivity contribution in [3.63, 3.8) is 0 Å². The molecule has 0 unspecified atom stereocenters. The molecule has 158 valence electrons. The Morgan fingerprint density at radius 2 is 1.94 bits per heavy atom. The number of aryl methyl sites for hydroxylation is 2. The van der Waals surface area contributed by atoms with Gasteiger partial charge >= 0.3 is 0 Å². The minimum atomic E-state index is -0.0969. The van der Waals surface area contributed by atoms with Crippen LogP contribution < -0.4 is 10.9 Å². The lowest BCUT2D eigenvalue weighted by Gasteiger charge is -2.46. The number of fused-ring (bicyclic) bond motifs is 1. The first kappa shape index (κ1) is 19.5. The van der Waals surface area contributed by atoms with Gasteiger partial charge in [0.25, 0.3) is 0 Å². The third-order valence-corrected chi connectivity index (χ3v) is 6.04. The number of H-pyrrole nitrogens is 1. The van der Waals surface area contributed by atoms with E-state index in [1.54, 1.807) is 6.20 Å². The molecule has 0 atom stereocenters. The SMILES string of the molecule is C=C(c1ccc(=O)[nH]c1)N1CC(N2Cc3cnc(Nc4cc(C)cc(C)c4)nc3C2)C1. The summed E-state index contributed by atoms with van der Waals surface area (Å²) in [6, 6.07) is 10.2. The van der Waals surface area contributed by atoms with Crippen LogP contribution in [0.3, 0.4) is 0 Å². The molecule has 7 heteroatoms. The zero-order valence-corrected chi connectivity index (χ0v) is 17.9. The van der Waals surface area contributed by atoms with Gasteiger partial charge in [0.05, 0.1) is 5.69 Å². The monoisotopic (exact) mass is 414 g/mol. The van der Waals surface area contributed by atoms with E-state index in [4.69, 9.17) is 4.98 Å². The van der Waals surface area contributed by atoms with E-state index >= 15 is 0 Å². The summed E-state index contributed by atoms with van der Waals surface area (Å²) in [5, 5.41) is 3.35. The first-order valence-electron chi connectivity index (χ1n) is 10.5. The van der Waals surface area contributed by atoms with Crippen molar-refractivity contribution >= 4 is 17.3 Å². The molecule has 5 rings (SSSR count). The maximum atomic E-state index is 11.3. The number of likely N-dealkylation sites (tertiary alicyclic amines) is 1. The first-order valence-corrected chi connectivity index (χ1v) is 10.5. The van der Waals surface area contributed by atoms with Crippen molar-refractivity contribution < 1.29 is 0 Å². The highest BCUT2D eigenvalue weighted by molar-refractivity contribution is 5.62. The average molecular weight is 415 g/mol. The largest absolute Gasteiger partial charge is 0.368 e. The van der Waals surface area contributed by atoms with Crippen LogP contribution in [0.1, 0.15) is 27.9 Å². The predicted molar refractivity (Wildman–Crippen MR) is 122 cm³/mol. The fourth-order valence-electron chi connectivity index (χ4n) is 4.35. The van der Waals surface area contributed by atoms with E-state index in [1.807, 2.05) is 12.3 Å². The topological polar surface area (TPSA) is 77.2 Å². The molecule has 2 aromatic heterocycles. The van der Waals surface area contributed by atoms with Gasteiger partial charge in [0.15, 0.2) is 0 Å². The van der Waals surface area contributed by atoms with E-state index in [1.165, 1.54) is 22.8 Å². The Kier molecular flexibility index (Phi) is 4.82. The van der Waals surface area contributed by atoms with E-state index in [2.05, 4.69) is 63.7 Å². The molecule has 3 aromatic rings. The number of aromatic nitrogens is 3. The molecule has 7 nitrogen and oxygen atoms in total. The van der Waals surface area contributed by atoms with Crippen LogP contribution in [0.2, 0.25) is 0 Å². The van der Waals surface area contributed by atoms with Gasteiger partial charge in [0.1, 0.15) is 0 Å². The Morgan fingerprint density at radius 1 is 1.16 bits per heavy atom. The Morgan fingerprint density at radius 3 is 2.65 bits per heavy atom. The second-order valence-electron chi connectivity index (χ2n) is 8.52. The Balaban J connectivity index is 1.21. The Labute approximate surface area is 181 Å². The summed E-state index contributed by atoms with van der Waals surface area (Å²) in [6.07, 6.45) is 3.67. The van der Waals surface area contributed by atoms with E-state index in [-0.39, 0.29) is 5.56 Å². The van der Waals surface area contributed by atoms with Gasteiger partial charge in [-0.25, -0.2) is 9.97 Å². The lowest BCUT2D eigenvalue weighted by Crippen LogP contribution is -2.56. The number of hydrogen-bond donors (Lipinski definition) is 2. The molecule has 1 aromatic carbocycles. The normalized spacial score (nSPS) is 16.1. The highest BCUT2D eigenvalue weighted by Gasteiger charge is 2.36. The summed E-state index contributed by atoms with van der Waals surface area (Å²) >= 11 is 0. The number of rotatable bonds is 5. The summed E-state index contributed by atoms with van der Waals surface area (Å²) in [5.41, 5.74) is 7.55. The van der Waals surface area contributed by atoms with Crippen molar-refractivity contribution in [1.29, 1.82) is 0 Å². The van der Waals surface area contributed by atoms with E-state index in [0.29, 0.717) is 12.0 Å². The van der Waals surface area contributed by atoms with Gasteiger partial charge in [-0.1, -0.05) is 12.6 Å². The molecule has 0 saturated carbocycles. The molecule has 0 bridgehead atoms. The number of pyridine rings is 1. The molecule has 31 heavy (non-hydrogen) atoms. The third kappa shape index (κ3) is 3.96. The summed E-state index contributed by atoms with van der Waals surface area (Å²) in [5.74, 6) is 0.646. The summed E-state index contributed by atoms with van der Waals surface area (Å²) < 4.78 is 0. The van der Waals surface area contributed by atoms with Crippen LogP contribution in [0.4, 0.5) is 11.6 Å². The number of benzene rings is 1. The molecular formula is C24H26N6O. The van der Waals surface area contributed by atoms with Gasteiger partial charge in [0.2, 0.25) is 11.5 Å². The summed E-state index contributed by atoms with van der Waals surface area (Å²) in [4.78, 5) is 28.0. The van der Waals surface area contributed by atoms with Crippen LogP contribution >= 0.6 is 0 Å².